The summed E-state index contributed by atoms with van der Waals surface area (Å²) in [6, 6.07) is 16.9. The maximum atomic E-state index is 13.1. The van der Waals surface area contributed by atoms with Crippen LogP contribution in [0.1, 0.15) is 5.56 Å². The first-order valence-electron chi connectivity index (χ1n) is 9.25. The molecule has 0 unspecified atom stereocenters. The molecule has 0 radical (unpaired) electrons. The van der Waals surface area contributed by atoms with Gasteiger partial charge in [0, 0.05) is 42.5 Å². The average Bonchev–Trinajstić information content (AvgIpc) is 2.74. The molecular formula is C23H19FN2O3. The van der Waals surface area contributed by atoms with Crippen LogP contribution in [0.5, 0.6) is 5.75 Å². The lowest BCUT2D eigenvalue weighted by Crippen LogP contribution is -2.20. The number of nitrogens with zero attached hydrogens (tertiary/aromatic N) is 1. The standard InChI is InChI=1S/C23H19FN2O3/c24-20-4-1-17(2-5-20)19-11-16(14-26-15-19)13-25-9-10-28-21-6-7-22-18(12-21)3-8-23(27)29-22/h1-8,11-12,14-15,25H,9-10,13H2. The first-order chi connectivity index (χ1) is 14.2. The van der Waals surface area contributed by atoms with Crippen LogP contribution in [0.25, 0.3) is 22.1 Å². The third kappa shape index (κ3) is 4.86. The minimum atomic E-state index is -0.367. The third-order valence-corrected chi connectivity index (χ3v) is 4.44. The van der Waals surface area contributed by atoms with E-state index in [1.54, 1.807) is 42.7 Å². The maximum Gasteiger partial charge on any atom is 0.336 e. The fourth-order valence-corrected chi connectivity index (χ4v) is 3.00. The van der Waals surface area contributed by atoms with Gasteiger partial charge in [-0.3, -0.25) is 4.98 Å². The fourth-order valence-electron chi connectivity index (χ4n) is 3.00. The van der Waals surface area contributed by atoms with E-state index in [2.05, 4.69) is 10.3 Å². The average molecular weight is 390 g/mol. The summed E-state index contributed by atoms with van der Waals surface area (Å²) in [5.41, 5.74) is 3.08. The van der Waals surface area contributed by atoms with Crippen molar-refractivity contribution in [1.29, 1.82) is 0 Å². The van der Waals surface area contributed by atoms with Gasteiger partial charge in [-0.1, -0.05) is 12.1 Å². The Balaban J connectivity index is 1.28. The van der Waals surface area contributed by atoms with Gasteiger partial charge in [0.15, 0.2) is 0 Å². The molecular weight excluding hydrogens is 371 g/mol. The Hall–Kier alpha value is -3.51. The van der Waals surface area contributed by atoms with Gasteiger partial charge < -0.3 is 14.5 Å². The topological polar surface area (TPSA) is 64.4 Å². The molecule has 5 nitrogen and oxygen atoms in total. The van der Waals surface area contributed by atoms with E-state index in [0.29, 0.717) is 31.0 Å². The highest BCUT2D eigenvalue weighted by Crippen LogP contribution is 2.20. The minimum absolute atomic E-state index is 0.254. The van der Waals surface area contributed by atoms with Crippen LogP contribution in [0.3, 0.4) is 0 Å². The van der Waals surface area contributed by atoms with Crippen LogP contribution in [-0.4, -0.2) is 18.1 Å². The van der Waals surface area contributed by atoms with Gasteiger partial charge in [-0.05, 0) is 53.6 Å². The lowest BCUT2D eigenvalue weighted by molar-refractivity contribution is 0.314. The number of nitrogens with one attached hydrogen (secondary N) is 1. The number of aromatic nitrogens is 1. The predicted octanol–water partition coefficient (Wildman–Crippen LogP) is 4.16. The molecule has 1 N–H and O–H groups in total. The third-order valence-electron chi connectivity index (χ3n) is 4.44. The number of hydrogen-bond acceptors (Lipinski definition) is 5. The summed E-state index contributed by atoms with van der Waals surface area (Å²) in [4.78, 5) is 15.5. The van der Waals surface area contributed by atoms with Crippen LogP contribution < -0.4 is 15.7 Å². The summed E-state index contributed by atoms with van der Waals surface area (Å²) in [5, 5.41) is 4.14. The van der Waals surface area contributed by atoms with Crippen LogP contribution in [-0.2, 0) is 6.54 Å². The Kier molecular flexibility index (Phi) is 5.63. The molecule has 4 aromatic rings. The van der Waals surface area contributed by atoms with Crippen molar-refractivity contribution >= 4 is 11.0 Å². The van der Waals surface area contributed by atoms with Gasteiger partial charge in [-0.2, -0.15) is 0 Å². The van der Waals surface area contributed by atoms with Crippen molar-refractivity contribution in [3.63, 3.8) is 0 Å². The first kappa shape index (κ1) is 18.8. The van der Waals surface area contributed by atoms with Gasteiger partial charge in [-0.15, -0.1) is 0 Å². The van der Waals surface area contributed by atoms with Crippen LogP contribution in [0.15, 0.2) is 82.3 Å². The summed E-state index contributed by atoms with van der Waals surface area (Å²) < 4.78 is 23.9. The Bertz CT molecular complexity index is 1170. The number of ether oxygens (including phenoxy) is 1. The molecule has 2 heterocycles. The van der Waals surface area contributed by atoms with Gasteiger partial charge in [-0.25, -0.2) is 9.18 Å². The number of halogens is 1. The summed E-state index contributed by atoms with van der Waals surface area (Å²) in [6.07, 6.45) is 3.57. The van der Waals surface area contributed by atoms with E-state index in [9.17, 15) is 9.18 Å². The van der Waals surface area contributed by atoms with E-state index in [4.69, 9.17) is 9.15 Å². The zero-order valence-electron chi connectivity index (χ0n) is 15.6. The zero-order chi connectivity index (χ0) is 20.1. The predicted molar refractivity (Wildman–Crippen MR) is 109 cm³/mol. The Morgan fingerprint density at radius 1 is 0.966 bits per heavy atom. The summed E-state index contributed by atoms with van der Waals surface area (Å²) in [5.74, 6) is 0.462. The first-order valence-corrected chi connectivity index (χ1v) is 9.25. The molecule has 0 fully saturated rings. The molecule has 0 aliphatic heterocycles. The van der Waals surface area contributed by atoms with Crippen molar-refractivity contribution in [3.8, 4) is 16.9 Å². The highest BCUT2D eigenvalue weighted by atomic mass is 19.1. The molecule has 0 saturated carbocycles. The largest absolute Gasteiger partial charge is 0.492 e. The molecule has 0 aliphatic rings. The van der Waals surface area contributed by atoms with Gasteiger partial charge >= 0.3 is 5.63 Å². The molecule has 0 bridgehead atoms. The molecule has 6 heteroatoms. The van der Waals surface area contributed by atoms with E-state index in [0.717, 1.165) is 22.1 Å². The maximum absolute atomic E-state index is 13.1. The summed E-state index contributed by atoms with van der Waals surface area (Å²) in [6.45, 7) is 1.80. The molecule has 146 valence electrons. The molecule has 4 rings (SSSR count). The number of hydrogen-bond donors (Lipinski definition) is 1. The highest BCUT2D eigenvalue weighted by molar-refractivity contribution is 5.77. The molecule has 2 aromatic carbocycles. The summed E-state index contributed by atoms with van der Waals surface area (Å²) >= 11 is 0. The normalized spacial score (nSPS) is 10.9. The summed E-state index contributed by atoms with van der Waals surface area (Å²) in [7, 11) is 0. The number of fused-ring (bicyclic) bond motifs is 1. The lowest BCUT2D eigenvalue weighted by Gasteiger charge is -2.09. The monoisotopic (exact) mass is 390 g/mol. The minimum Gasteiger partial charge on any atom is -0.492 e. The van der Waals surface area contributed by atoms with Crippen LogP contribution >= 0.6 is 0 Å². The van der Waals surface area contributed by atoms with E-state index >= 15 is 0 Å². The van der Waals surface area contributed by atoms with Gasteiger partial charge in [0.05, 0.1) is 0 Å². The van der Waals surface area contributed by atoms with Gasteiger partial charge in [0.25, 0.3) is 0 Å². The smallest absolute Gasteiger partial charge is 0.336 e. The number of pyridine rings is 1. The van der Waals surface area contributed by atoms with E-state index < -0.39 is 0 Å². The number of benzene rings is 2. The van der Waals surface area contributed by atoms with E-state index in [1.165, 1.54) is 18.2 Å². The second-order valence-corrected chi connectivity index (χ2v) is 6.57. The molecule has 0 aliphatic carbocycles. The molecule has 2 aromatic heterocycles. The van der Waals surface area contributed by atoms with Crippen molar-refractivity contribution in [2.75, 3.05) is 13.2 Å². The van der Waals surface area contributed by atoms with Gasteiger partial charge in [0.1, 0.15) is 23.8 Å². The van der Waals surface area contributed by atoms with Gasteiger partial charge in [0.2, 0.25) is 0 Å². The highest BCUT2D eigenvalue weighted by Gasteiger charge is 2.02. The Morgan fingerprint density at radius 3 is 2.69 bits per heavy atom. The zero-order valence-corrected chi connectivity index (χ0v) is 15.6. The molecule has 0 atom stereocenters. The second-order valence-electron chi connectivity index (χ2n) is 6.57. The molecule has 0 amide bonds. The SMILES string of the molecule is O=c1ccc2cc(OCCNCc3cncc(-c4ccc(F)cc4)c3)ccc2o1. The quantitative estimate of drug-likeness (QED) is 0.379. The Labute approximate surface area is 166 Å². The molecule has 0 saturated heterocycles. The Morgan fingerprint density at radius 2 is 1.83 bits per heavy atom. The van der Waals surface area contributed by atoms with Crippen LogP contribution in [0.2, 0.25) is 0 Å². The van der Waals surface area contributed by atoms with E-state index in [-0.39, 0.29) is 11.4 Å². The lowest BCUT2D eigenvalue weighted by atomic mass is 10.1. The second kappa shape index (κ2) is 8.67. The van der Waals surface area contributed by atoms with Crippen molar-refractivity contribution < 1.29 is 13.5 Å². The molecule has 29 heavy (non-hydrogen) atoms. The molecule has 0 spiro atoms. The number of rotatable bonds is 7. The van der Waals surface area contributed by atoms with Crippen molar-refractivity contribution in [2.45, 2.75) is 6.54 Å². The van der Waals surface area contributed by atoms with Crippen molar-refractivity contribution in [2.24, 2.45) is 0 Å². The van der Waals surface area contributed by atoms with Crippen molar-refractivity contribution in [3.05, 3.63) is 94.9 Å². The van der Waals surface area contributed by atoms with Crippen molar-refractivity contribution in [1.82, 2.24) is 10.3 Å². The fraction of sp³-hybridized carbons (Fsp3) is 0.130. The van der Waals surface area contributed by atoms with Crippen LogP contribution in [0, 0.1) is 5.82 Å². The van der Waals surface area contributed by atoms with E-state index in [1.807, 2.05) is 12.1 Å². The van der Waals surface area contributed by atoms with Crippen LogP contribution in [0.4, 0.5) is 4.39 Å².